The van der Waals surface area contributed by atoms with Crippen LogP contribution >= 0.6 is 0 Å². The van der Waals surface area contributed by atoms with Crippen LogP contribution in [0.4, 0.5) is 0 Å². The largest absolute Gasteiger partial charge is 0.421 e. The monoisotopic (exact) mass is 331 g/mol. The number of aliphatic hydroxyl groups is 1. The van der Waals surface area contributed by atoms with Crippen LogP contribution in [-0.4, -0.2) is 58.5 Å². The molecule has 0 atom stereocenters. The number of aryl methyl sites for hydroxylation is 1. The molecule has 0 aliphatic carbocycles. The third kappa shape index (κ3) is 3.63. The molecule has 0 radical (unpaired) electrons. The molecule has 7 nitrogen and oxygen atoms in total. The van der Waals surface area contributed by atoms with E-state index in [0.29, 0.717) is 49.0 Å². The molecule has 0 bridgehead atoms. The third-order valence-electron chi connectivity index (χ3n) is 4.18. The zero-order chi connectivity index (χ0) is 17.2. The average molecular weight is 331 g/mol. The second kappa shape index (κ2) is 6.70. The van der Waals surface area contributed by atoms with E-state index in [0.717, 1.165) is 0 Å². The highest BCUT2D eigenvalue weighted by molar-refractivity contribution is 5.95. The topological polar surface area (TPSA) is 88.7 Å². The SMILES string of the molecule is Cc1nnc(-c2cccc(C(=O)N(C)CC3(O)CCOCC3)c2)o1. The lowest BCUT2D eigenvalue weighted by Gasteiger charge is -2.35. The van der Waals surface area contributed by atoms with Gasteiger partial charge in [-0.05, 0) is 18.2 Å². The van der Waals surface area contributed by atoms with E-state index in [1.54, 1.807) is 37.1 Å². The predicted molar refractivity (Wildman–Crippen MR) is 86.4 cm³/mol. The Kier molecular flexibility index (Phi) is 4.64. The van der Waals surface area contributed by atoms with Gasteiger partial charge in [0, 0.05) is 57.7 Å². The average Bonchev–Trinajstić information content (AvgIpc) is 3.01. The summed E-state index contributed by atoms with van der Waals surface area (Å²) in [5.74, 6) is 0.696. The van der Waals surface area contributed by atoms with Crippen LogP contribution in [0.1, 0.15) is 29.1 Å². The molecule has 1 amide bonds. The van der Waals surface area contributed by atoms with Crippen molar-refractivity contribution < 1.29 is 19.1 Å². The maximum Gasteiger partial charge on any atom is 0.253 e. The first kappa shape index (κ1) is 16.6. The smallest absolute Gasteiger partial charge is 0.253 e. The van der Waals surface area contributed by atoms with Crippen LogP contribution in [0.15, 0.2) is 28.7 Å². The summed E-state index contributed by atoms with van der Waals surface area (Å²) in [6, 6.07) is 7.05. The summed E-state index contributed by atoms with van der Waals surface area (Å²) in [6.45, 7) is 3.03. The number of rotatable bonds is 4. The lowest BCUT2D eigenvalue weighted by molar-refractivity contribution is -0.0734. The first-order valence-electron chi connectivity index (χ1n) is 7.93. The highest BCUT2D eigenvalue weighted by Crippen LogP contribution is 2.23. The Morgan fingerprint density at radius 3 is 2.75 bits per heavy atom. The van der Waals surface area contributed by atoms with Crippen LogP contribution in [0, 0.1) is 6.92 Å². The molecule has 0 spiro atoms. The van der Waals surface area contributed by atoms with Crippen LogP contribution in [0.25, 0.3) is 11.5 Å². The van der Waals surface area contributed by atoms with Crippen LogP contribution in [0.3, 0.4) is 0 Å². The Morgan fingerprint density at radius 1 is 1.33 bits per heavy atom. The molecule has 1 N–H and O–H groups in total. The van der Waals surface area contributed by atoms with Crippen LogP contribution in [-0.2, 0) is 4.74 Å². The number of carbonyl (C=O) groups is 1. The predicted octanol–water partition coefficient (Wildman–Crippen LogP) is 1.66. The molecule has 24 heavy (non-hydrogen) atoms. The number of amides is 1. The number of benzene rings is 1. The molecule has 128 valence electrons. The van der Waals surface area contributed by atoms with E-state index < -0.39 is 5.60 Å². The van der Waals surface area contributed by atoms with Gasteiger partial charge in [-0.2, -0.15) is 0 Å². The molecule has 2 heterocycles. The van der Waals surface area contributed by atoms with Gasteiger partial charge < -0.3 is 19.2 Å². The first-order chi connectivity index (χ1) is 11.5. The number of likely N-dealkylation sites (N-methyl/N-ethyl adjacent to an activating group) is 1. The normalized spacial score (nSPS) is 16.8. The molecule has 1 aliphatic rings. The summed E-state index contributed by atoms with van der Waals surface area (Å²) in [5.41, 5.74) is 0.324. The Bertz CT molecular complexity index is 722. The summed E-state index contributed by atoms with van der Waals surface area (Å²) < 4.78 is 10.7. The minimum absolute atomic E-state index is 0.159. The van der Waals surface area contributed by atoms with Crippen molar-refractivity contribution in [1.82, 2.24) is 15.1 Å². The maximum absolute atomic E-state index is 12.7. The Balaban J connectivity index is 1.74. The summed E-state index contributed by atoms with van der Waals surface area (Å²) in [6.07, 6.45) is 1.07. The van der Waals surface area contributed by atoms with Gasteiger partial charge in [0.2, 0.25) is 11.8 Å². The number of hydrogen-bond acceptors (Lipinski definition) is 6. The van der Waals surface area contributed by atoms with Crippen molar-refractivity contribution in [3.05, 3.63) is 35.7 Å². The molecule has 7 heteroatoms. The van der Waals surface area contributed by atoms with Gasteiger partial charge in [-0.25, -0.2) is 0 Å². The van der Waals surface area contributed by atoms with Crippen molar-refractivity contribution in [2.24, 2.45) is 0 Å². The van der Waals surface area contributed by atoms with Crippen molar-refractivity contribution in [2.45, 2.75) is 25.4 Å². The van der Waals surface area contributed by atoms with E-state index in [9.17, 15) is 9.90 Å². The molecule has 1 fully saturated rings. The molecule has 0 unspecified atom stereocenters. The first-order valence-corrected chi connectivity index (χ1v) is 7.93. The molecule has 1 aromatic carbocycles. The molecule has 1 saturated heterocycles. The second-order valence-electron chi connectivity index (χ2n) is 6.20. The van der Waals surface area contributed by atoms with Crippen molar-refractivity contribution >= 4 is 5.91 Å². The van der Waals surface area contributed by atoms with E-state index >= 15 is 0 Å². The van der Waals surface area contributed by atoms with Crippen LogP contribution < -0.4 is 0 Å². The zero-order valence-corrected chi connectivity index (χ0v) is 13.9. The number of ether oxygens (including phenoxy) is 1. The van der Waals surface area contributed by atoms with Gasteiger partial charge in [-0.15, -0.1) is 10.2 Å². The Hall–Kier alpha value is -2.25. The summed E-state index contributed by atoms with van der Waals surface area (Å²) in [5, 5.41) is 18.3. The molecule has 3 rings (SSSR count). The van der Waals surface area contributed by atoms with Crippen LogP contribution in [0.2, 0.25) is 0 Å². The Labute approximate surface area is 140 Å². The molecule has 0 saturated carbocycles. The minimum atomic E-state index is -0.885. The van der Waals surface area contributed by atoms with Gasteiger partial charge in [-0.3, -0.25) is 4.79 Å². The summed E-state index contributed by atoms with van der Waals surface area (Å²) >= 11 is 0. The van der Waals surface area contributed by atoms with Gasteiger partial charge in [0.25, 0.3) is 5.91 Å². The van der Waals surface area contributed by atoms with Crippen molar-refractivity contribution in [2.75, 3.05) is 26.8 Å². The molecular formula is C17H21N3O4. The number of hydrogen-bond donors (Lipinski definition) is 1. The van der Waals surface area contributed by atoms with Crippen LogP contribution in [0.5, 0.6) is 0 Å². The maximum atomic E-state index is 12.7. The van der Waals surface area contributed by atoms with Gasteiger partial charge in [0.05, 0.1) is 5.60 Å². The van der Waals surface area contributed by atoms with Crippen molar-refractivity contribution in [3.63, 3.8) is 0 Å². The van der Waals surface area contributed by atoms with E-state index in [1.165, 1.54) is 0 Å². The lowest BCUT2D eigenvalue weighted by atomic mass is 9.93. The minimum Gasteiger partial charge on any atom is -0.421 e. The summed E-state index contributed by atoms with van der Waals surface area (Å²) in [7, 11) is 1.69. The number of nitrogens with zero attached hydrogens (tertiary/aromatic N) is 3. The van der Waals surface area contributed by atoms with E-state index in [4.69, 9.17) is 9.15 Å². The lowest BCUT2D eigenvalue weighted by Crippen LogP contribution is -2.47. The molecule has 1 aromatic heterocycles. The molecule has 1 aliphatic heterocycles. The standard InChI is InChI=1S/C17H21N3O4/c1-12-18-19-15(24-12)13-4-3-5-14(10-13)16(21)20(2)11-17(22)6-8-23-9-7-17/h3-5,10,22H,6-9,11H2,1-2H3. The van der Waals surface area contributed by atoms with Gasteiger partial charge in [-0.1, -0.05) is 6.07 Å². The zero-order valence-electron chi connectivity index (χ0n) is 13.9. The number of carbonyl (C=O) groups excluding carboxylic acids is 1. The van der Waals surface area contributed by atoms with E-state index in [-0.39, 0.29) is 12.5 Å². The van der Waals surface area contributed by atoms with Crippen molar-refractivity contribution in [1.29, 1.82) is 0 Å². The second-order valence-corrected chi connectivity index (χ2v) is 6.20. The Morgan fingerprint density at radius 2 is 2.08 bits per heavy atom. The fourth-order valence-electron chi connectivity index (χ4n) is 2.84. The van der Waals surface area contributed by atoms with Gasteiger partial charge >= 0.3 is 0 Å². The van der Waals surface area contributed by atoms with Crippen molar-refractivity contribution in [3.8, 4) is 11.5 Å². The van der Waals surface area contributed by atoms with E-state index in [2.05, 4.69) is 10.2 Å². The third-order valence-corrected chi connectivity index (χ3v) is 4.18. The summed E-state index contributed by atoms with van der Waals surface area (Å²) in [4.78, 5) is 14.2. The molecule has 2 aromatic rings. The van der Waals surface area contributed by atoms with Gasteiger partial charge in [0.1, 0.15) is 0 Å². The van der Waals surface area contributed by atoms with Gasteiger partial charge in [0.15, 0.2) is 0 Å². The molecular weight excluding hydrogens is 310 g/mol. The highest BCUT2D eigenvalue weighted by Gasteiger charge is 2.32. The number of aromatic nitrogens is 2. The fraction of sp³-hybridized carbons (Fsp3) is 0.471. The quantitative estimate of drug-likeness (QED) is 0.916. The van der Waals surface area contributed by atoms with E-state index in [1.807, 2.05) is 6.07 Å². The highest BCUT2D eigenvalue weighted by atomic mass is 16.5. The fourth-order valence-corrected chi connectivity index (χ4v) is 2.84.